The molecule has 0 heterocycles. The molecule has 0 N–H and O–H groups in total. The Kier molecular flexibility index (Phi) is 12.9. The van der Waals surface area contributed by atoms with Crippen LogP contribution in [0, 0.1) is 0 Å². The van der Waals surface area contributed by atoms with E-state index < -0.39 is 0 Å². The molecule has 3 heteroatoms. The summed E-state index contributed by atoms with van der Waals surface area (Å²) in [5, 5.41) is 0. The Balaban J connectivity index is 3.72. The zero-order valence-corrected chi connectivity index (χ0v) is 13.0. The summed E-state index contributed by atoms with van der Waals surface area (Å²) in [5.74, 6) is 2.44. The van der Waals surface area contributed by atoms with Crippen molar-refractivity contribution >= 4 is 11.8 Å². The van der Waals surface area contributed by atoms with Gasteiger partial charge in [-0.3, -0.25) is 4.90 Å². The second kappa shape index (κ2) is 12.7. The van der Waals surface area contributed by atoms with Gasteiger partial charge in [0.2, 0.25) is 0 Å². The lowest BCUT2D eigenvalue weighted by Crippen LogP contribution is -2.30. The lowest BCUT2D eigenvalue weighted by atomic mass is 10.2. The smallest absolute Gasteiger partial charge is 0.0994 e. The highest BCUT2D eigenvalue weighted by Crippen LogP contribution is 2.13. The van der Waals surface area contributed by atoms with Gasteiger partial charge in [-0.2, -0.15) is 11.8 Å². The lowest BCUT2D eigenvalue weighted by molar-refractivity contribution is -0.0118. The highest BCUT2D eigenvalue weighted by atomic mass is 32.2. The Bertz CT molecular complexity index is 151. The molecule has 0 aliphatic heterocycles. The molecule has 0 saturated heterocycles. The first-order chi connectivity index (χ1) is 8.28. The summed E-state index contributed by atoms with van der Waals surface area (Å²) in [7, 11) is 0. The monoisotopic (exact) mass is 261 g/mol. The van der Waals surface area contributed by atoms with Crippen LogP contribution in [0.2, 0.25) is 0 Å². The van der Waals surface area contributed by atoms with Gasteiger partial charge in [-0.1, -0.05) is 40.5 Å². The molecular weight excluding hydrogens is 230 g/mol. The van der Waals surface area contributed by atoms with Crippen LogP contribution in [0.4, 0.5) is 0 Å². The van der Waals surface area contributed by atoms with Crippen molar-refractivity contribution in [1.29, 1.82) is 0 Å². The summed E-state index contributed by atoms with van der Waals surface area (Å²) >= 11 is 2.05. The topological polar surface area (TPSA) is 12.5 Å². The first kappa shape index (κ1) is 17.3. The predicted octanol–water partition coefficient (Wildman–Crippen LogP) is 4.00. The maximum Gasteiger partial charge on any atom is 0.0994 e. The Hall–Kier alpha value is 0.270. The predicted molar refractivity (Wildman–Crippen MR) is 79.8 cm³/mol. The molecule has 0 saturated carbocycles. The summed E-state index contributed by atoms with van der Waals surface area (Å²) in [5.41, 5.74) is 0. The minimum absolute atomic E-state index is 0.447. The molecular formula is C14H31NOS. The standard InChI is InChI=1S/C14H31NOS/c1-5-9-11-17-12-14(10-6-2)16-13-15(7-3)8-4/h14H,5-13H2,1-4H3. The van der Waals surface area contributed by atoms with Gasteiger partial charge in [-0.05, 0) is 31.7 Å². The van der Waals surface area contributed by atoms with Crippen LogP contribution in [0.5, 0.6) is 0 Å². The molecule has 0 fully saturated rings. The molecule has 1 unspecified atom stereocenters. The van der Waals surface area contributed by atoms with Crippen molar-refractivity contribution in [2.24, 2.45) is 0 Å². The second-order valence-electron chi connectivity index (χ2n) is 4.44. The Morgan fingerprint density at radius 2 is 1.76 bits per heavy atom. The van der Waals surface area contributed by atoms with E-state index in [4.69, 9.17) is 4.74 Å². The van der Waals surface area contributed by atoms with Crippen LogP contribution in [0.3, 0.4) is 0 Å². The molecule has 0 amide bonds. The number of thioether (sulfide) groups is 1. The van der Waals surface area contributed by atoms with Crippen LogP contribution in [-0.4, -0.2) is 42.3 Å². The van der Waals surface area contributed by atoms with Gasteiger partial charge in [0.25, 0.3) is 0 Å². The van der Waals surface area contributed by atoms with Crippen LogP contribution in [-0.2, 0) is 4.74 Å². The zero-order chi connectivity index (χ0) is 12.9. The summed E-state index contributed by atoms with van der Waals surface area (Å²) < 4.78 is 6.01. The van der Waals surface area contributed by atoms with Crippen LogP contribution in [0.15, 0.2) is 0 Å². The molecule has 0 aromatic carbocycles. The van der Waals surface area contributed by atoms with Crippen LogP contribution >= 0.6 is 11.8 Å². The van der Waals surface area contributed by atoms with Gasteiger partial charge in [0.1, 0.15) is 0 Å². The van der Waals surface area contributed by atoms with E-state index >= 15 is 0 Å². The largest absolute Gasteiger partial charge is 0.362 e. The fraction of sp³-hybridized carbons (Fsp3) is 1.00. The number of hydrogen-bond acceptors (Lipinski definition) is 3. The fourth-order valence-electron chi connectivity index (χ4n) is 1.61. The van der Waals surface area contributed by atoms with Crippen LogP contribution < -0.4 is 0 Å². The number of ether oxygens (including phenoxy) is 1. The Morgan fingerprint density at radius 1 is 1.06 bits per heavy atom. The molecule has 0 radical (unpaired) electrons. The van der Waals surface area contributed by atoms with Gasteiger partial charge in [0.05, 0.1) is 12.8 Å². The van der Waals surface area contributed by atoms with Gasteiger partial charge in [-0.15, -0.1) is 0 Å². The average molecular weight is 261 g/mol. The third kappa shape index (κ3) is 9.93. The maximum atomic E-state index is 6.01. The molecule has 0 rings (SSSR count). The summed E-state index contributed by atoms with van der Waals surface area (Å²) in [6.07, 6.45) is 5.49. The molecule has 0 aromatic heterocycles. The Morgan fingerprint density at radius 3 is 2.29 bits per heavy atom. The number of nitrogens with zero attached hydrogens (tertiary/aromatic N) is 1. The van der Waals surface area contributed by atoms with E-state index in [1.165, 1.54) is 31.4 Å². The molecule has 0 spiro atoms. The summed E-state index contributed by atoms with van der Waals surface area (Å²) in [6, 6.07) is 0. The molecule has 17 heavy (non-hydrogen) atoms. The van der Waals surface area contributed by atoms with Crippen molar-refractivity contribution < 1.29 is 4.74 Å². The van der Waals surface area contributed by atoms with Crippen molar-refractivity contribution in [3.05, 3.63) is 0 Å². The molecule has 0 aliphatic rings. The first-order valence-electron chi connectivity index (χ1n) is 7.20. The Labute approximate surface area is 112 Å². The van der Waals surface area contributed by atoms with Crippen molar-refractivity contribution in [3.8, 4) is 0 Å². The van der Waals surface area contributed by atoms with Gasteiger partial charge in [0.15, 0.2) is 0 Å². The van der Waals surface area contributed by atoms with E-state index in [1.54, 1.807) is 0 Å². The summed E-state index contributed by atoms with van der Waals surface area (Å²) in [4.78, 5) is 2.33. The number of hydrogen-bond donors (Lipinski definition) is 0. The van der Waals surface area contributed by atoms with Gasteiger partial charge < -0.3 is 4.74 Å². The highest BCUT2D eigenvalue weighted by Gasteiger charge is 2.09. The minimum Gasteiger partial charge on any atom is -0.362 e. The van der Waals surface area contributed by atoms with E-state index in [1.807, 2.05) is 11.8 Å². The second-order valence-corrected chi connectivity index (χ2v) is 5.59. The SMILES string of the molecule is CCCCSCC(CCC)OCN(CC)CC. The van der Waals surface area contributed by atoms with E-state index in [-0.39, 0.29) is 0 Å². The van der Waals surface area contributed by atoms with Gasteiger partial charge in [-0.25, -0.2) is 0 Å². The molecule has 0 bridgehead atoms. The normalized spacial score (nSPS) is 13.2. The molecule has 0 aliphatic carbocycles. The van der Waals surface area contributed by atoms with Crippen LogP contribution in [0.25, 0.3) is 0 Å². The third-order valence-electron chi connectivity index (χ3n) is 2.94. The minimum atomic E-state index is 0.447. The summed E-state index contributed by atoms with van der Waals surface area (Å²) in [6.45, 7) is 11.8. The molecule has 0 aromatic rings. The van der Waals surface area contributed by atoms with E-state index in [0.29, 0.717) is 6.10 Å². The molecule has 2 nitrogen and oxygen atoms in total. The first-order valence-corrected chi connectivity index (χ1v) is 8.35. The van der Waals surface area contributed by atoms with Gasteiger partial charge >= 0.3 is 0 Å². The van der Waals surface area contributed by atoms with Crippen molar-refractivity contribution in [2.75, 3.05) is 31.3 Å². The average Bonchev–Trinajstić information content (AvgIpc) is 2.35. The highest BCUT2D eigenvalue weighted by molar-refractivity contribution is 7.99. The number of unbranched alkanes of at least 4 members (excludes halogenated alkanes) is 1. The maximum absolute atomic E-state index is 6.01. The third-order valence-corrected chi connectivity index (χ3v) is 4.13. The van der Waals surface area contributed by atoms with Crippen molar-refractivity contribution in [1.82, 2.24) is 4.90 Å². The molecule has 1 atom stereocenters. The van der Waals surface area contributed by atoms with E-state index in [9.17, 15) is 0 Å². The van der Waals surface area contributed by atoms with Crippen molar-refractivity contribution in [2.45, 2.75) is 59.5 Å². The fourth-order valence-corrected chi connectivity index (χ4v) is 2.80. The van der Waals surface area contributed by atoms with Crippen molar-refractivity contribution in [3.63, 3.8) is 0 Å². The van der Waals surface area contributed by atoms with E-state index in [2.05, 4.69) is 32.6 Å². The van der Waals surface area contributed by atoms with Crippen LogP contribution in [0.1, 0.15) is 53.4 Å². The van der Waals surface area contributed by atoms with Gasteiger partial charge in [0, 0.05) is 5.75 Å². The van der Waals surface area contributed by atoms with E-state index in [0.717, 1.165) is 25.6 Å². The number of rotatable bonds is 12. The molecule has 104 valence electrons. The quantitative estimate of drug-likeness (QED) is 0.389. The lowest BCUT2D eigenvalue weighted by Gasteiger charge is -2.23. The zero-order valence-electron chi connectivity index (χ0n) is 12.2.